The van der Waals surface area contributed by atoms with Gasteiger partial charge in [0, 0.05) is 11.1 Å². The Bertz CT molecular complexity index is 436. The van der Waals surface area contributed by atoms with E-state index in [-0.39, 0.29) is 0 Å². The van der Waals surface area contributed by atoms with Gasteiger partial charge in [-0.2, -0.15) is 0 Å². The number of oxime groups is 1. The maximum Gasteiger partial charge on any atom is 0.143 e. The standard InChI is InChI=1S/C15H19NO2/c1-2-4-12(5-3-1)10-17-15-7-6-13-9-16-18-11-14(13)8-15/h6-9,12H,1-5,10-11H2. The Balaban J connectivity index is 1.60. The van der Waals surface area contributed by atoms with E-state index in [1.54, 1.807) is 6.21 Å². The van der Waals surface area contributed by atoms with E-state index in [2.05, 4.69) is 17.3 Å². The number of hydrogen-bond acceptors (Lipinski definition) is 3. The van der Waals surface area contributed by atoms with Crippen molar-refractivity contribution in [1.82, 2.24) is 0 Å². The third kappa shape index (κ3) is 2.66. The molecule has 1 aliphatic carbocycles. The predicted molar refractivity (Wildman–Crippen MR) is 70.9 cm³/mol. The zero-order chi connectivity index (χ0) is 12.2. The van der Waals surface area contributed by atoms with Crippen molar-refractivity contribution >= 4 is 6.21 Å². The number of hydrogen-bond donors (Lipinski definition) is 0. The topological polar surface area (TPSA) is 30.8 Å². The zero-order valence-corrected chi connectivity index (χ0v) is 10.6. The van der Waals surface area contributed by atoms with Crippen molar-refractivity contribution in [2.24, 2.45) is 11.1 Å². The molecule has 0 N–H and O–H groups in total. The van der Waals surface area contributed by atoms with Gasteiger partial charge in [0.15, 0.2) is 0 Å². The minimum Gasteiger partial charge on any atom is -0.493 e. The summed E-state index contributed by atoms with van der Waals surface area (Å²) in [5, 5.41) is 3.80. The van der Waals surface area contributed by atoms with Gasteiger partial charge < -0.3 is 9.57 Å². The minimum absolute atomic E-state index is 0.548. The van der Waals surface area contributed by atoms with Crippen molar-refractivity contribution in [3.63, 3.8) is 0 Å². The van der Waals surface area contributed by atoms with Gasteiger partial charge in [0.2, 0.25) is 0 Å². The lowest BCUT2D eigenvalue weighted by atomic mass is 9.90. The maximum atomic E-state index is 5.91. The molecule has 1 aromatic rings. The maximum absolute atomic E-state index is 5.91. The Morgan fingerprint density at radius 2 is 2.11 bits per heavy atom. The first-order chi connectivity index (χ1) is 8.92. The van der Waals surface area contributed by atoms with Gasteiger partial charge in [0.1, 0.15) is 12.4 Å². The predicted octanol–water partition coefficient (Wildman–Crippen LogP) is 3.51. The fourth-order valence-corrected chi connectivity index (χ4v) is 2.69. The van der Waals surface area contributed by atoms with E-state index in [1.807, 2.05) is 6.07 Å². The summed E-state index contributed by atoms with van der Waals surface area (Å²) in [5.74, 6) is 1.70. The summed E-state index contributed by atoms with van der Waals surface area (Å²) in [6.07, 6.45) is 8.52. The van der Waals surface area contributed by atoms with Gasteiger partial charge in [-0.3, -0.25) is 0 Å². The van der Waals surface area contributed by atoms with Crippen LogP contribution in [0.2, 0.25) is 0 Å². The van der Waals surface area contributed by atoms with Crippen molar-refractivity contribution in [3.8, 4) is 5.75 Å². The average molecular weight is 245 g/mol. The van der Waals surface area contributed by atoms with E-state index in [0.717, 1.165) is 29.4 Å². The van der Waals surface area contributed by atoms with Crippen LogP contribution in [0.25, 0.3) is 0 Å². The molecule has 1 heterocycles. The molecule has 0 amide bonds. The minimum atomic E-state index is 0.548. The lowest BCUT2D eigenvalue weighted by Crippen LogP contribution is -2.15. The molecule has 0 spiro atoms. The normalized spacial score (nSPS) is 19.1. The van der Waals surface area contributed by atoms with E-state index in [0.29, 0.717) is 6.61 Å². The van der Waals surface area contributed by atoms with Gasteiger partial charge in [-0.15, -0.1) is 0 Å². The van der Waals surface area contributed by atoms with Crippen LogP contribution in [0, 0.1) is 5.92 Å². The Morgan fingerprint density at radius 1 is 1.22 bits per heavy atom. The smallest absolute Gasteiger partial charge is 0.143 e. The van der Waals surface area contributed by atoms with E-state index >= 15 is 0 Å². The monoisotopic (exact) mass is 245 g/mol. The van der Waals surface area contributed by atoms with Crippen LogP contribution < -0.4 is 4.74 Å². The molecule has 0 unspecified atom stereocenters. The Kier molecular flexibility index (Phi) is 3.49. The van der Waals surface area contributed by atoms with Crippen molar-refractivity contribution in [2.75, 3.05) is 6.61 Å². The molecular weight excluding hydrogens is 226 g/mol. The summed E-state index contributed by atoms with van der Waals surface area (Å²) >= 11 is 0. The summed E-state index contributed by atoms with van der Waals surface area (Å²) in [6, 6.07) is 6.15. The van der Waals surface area contributed by atoms with Gasteiger partial charge in [0.25, 0.3) is 0 Å². The highest BCUT2D eigenvalue weighted by atomic mass is 16.6. The Hall–Kier alpha value is -1.51. The zero-order valence-electron chi connectivity index (χ0n) is 10.6. The van der Waals surface area contributed by atoms with E-state index < -0.39 is 0 Å². The largest absolute Gasteiger partial charge is 0.493 e. The molecule has 0 atom stereocenters. The summed E-state index contributed by atoms with van der Waals surface area (Å²) < 4.78 is 5.91. The van der Waals surface area contributed by atoms with Crippen LogP contribution in [-0.4, -0.2) is 12.8 Å². The molecule has 2 aliphatic rings. The first-order valence-corrected chi connectivity index (χ1v) is 6.83. The number of fused-ring (bicyclic) bond motifs is 1. The molecule has 0 bridgehead atoms. The SMILES string of the molecule is C1=NOCc2cc(OCC3CCCCC3)ccc21. The van der Waals surface area contributed by atoms with Crippen LogP contribution in [0.15, 0.2) is 23.4 Å². The molecule has 1 fully saturated rings. The molecule has 1 aliphatic heterocycles. The Labute approximate surface area is 108 Å². The van der Waals surface area contributed by atoms with E-state index in [9.17, 15) is 0 Å². The fraction of sp³-hybridized carbons (Fsp3) is 0.533. The van der Waals surface area contributed by atoms with E-state index in [1.165, 1.54) is 32.1 Å². The summed E-state index contributed by atoms with van der Waals surface area (Å²) in [5.41, 5.74) is 2.29. The van der Waals surface area contributed by atoms with Gasteiger partial charge >= 0.3 is 0 Å². The van der Waals surface area contributed by atoms with Crippen molar-refractivity contribution in [3.05, 3.63) is 29.3 Å². The molecule has 1 saturated carbocycles. The first-order valence-electron chi connectivity index (χ1n) is 6.83. The first kappa shape index (κ1) is 11.6. The van der Waals surface area contributed by atoms with Crippen molar-refractivity contribution in [2.45, 2.75) is 38.7 Å². The summed E-state index contributed by atoms with van der Waals surface area (Å²) in [4.78, 5) is 5.06. The number of nitrogens with zero attached hydrogens (tertiary/aromatic N) is 1. The quantitative estimate of drug-likeness (QED) is 0.816. The van der Waals surface area contributed by atoms with Crippen LogP contribution in [0.3, 0.4) is 0 Å². The van der Waals surface area contributed by atoms with Crippen LogP contribution in [0.1, 0.15) is 43.2 Å². The van der Waals surface area contributed by atoms with Gasteiger partial charge in [0.05, 0.1) is 12.8 Å². The highest BCUT2D eigenvalue weighted by molar-refractivity contribution is 5.82. The molecule has 18 heavy (non-hydrogen) atoms. The fourth-order valence-electron chi connectivity index (χ4n) is 2.69. The van der Waals surface area contributed by atoms with Crippen LogP contribution >= 0.6 is 0 Å². The molecule has 0 aromatic heterocycles. The highest BCUT2D eigenvalue weighted by Crippen LogP contribution is 2.25. The third-order valence-electron chi connectivity index (χ3n) is 3.81. The summed E-state index contributed by atoms with van der Waals surface area (Å²) in [7, 11) is 0. The third-order valence-corrected chi connectivity index (χ3v) is 3.81. The van der Waals surface area contributed by atoms with Crippen molar-refractivity contribution in [1.29, 1.82) is 0 Å². The lowest BCUT2D eigenvalue weighted by Gasteiger charge is -2.22. The average Bonchev–Trinajstić information content (AvgIpc) is 2.46. The van der Waals surface area contributed by atoms with Gasteiger partial charge in [-0.05, 0) is 37.0 Å². The number of benzene rings is 1. The van der Waals surface area contributed by atoms with Gasteiger partial charge in [-0.1, -0.05) is 24.4 Å². The summed E-state index contributed by atoms with van der Waals surface area (Å²) in [6.45, 7) is 1.40. The molecule has 0 saturated heterocycles. The molecule has 3 heteroatoms. The Morgan fingerprint density at radius 3 is 3.00 bits per heavy atom. The van der Waals surface area contributed by atoms with Crippen LogP contribution in [-0.2, 0) is 11.4 Å². The number of ether oxygens (including phenoxy) is 1. The molecule has 96 valence electrons. The van der Waals surface area contributed by atoms with Crippen LogP contribution in [0.4, 0.5) is 0 Å². The highest BCUT2D eigenvalue weighted by Gasteiger charge is 2.14. The second-order valence-electron chi connectivity index (χ2n) is 5.18. The molecule has 1 aromatic carbocycles. The molecule has 0 radical (unpaired) electrons. The van der Waals surface area contributed by atoms with Crippen LogP contribution in [0.5, 0.6) is 5.75 Å². The second kappa shape index (κ2) is 5.42. The lowest BCUT2D eigenvalue weighted by molar-refractivity contribution is 0.127. The molecule has 3 nitrogen and oxygen atoms in total. The van der Waals surface area contributed by atoms with Crippen molar-refractivity contribution < 1.29 is 9.57 Å². The van der Waals surface area contributed by atoms with E-state index in [4.69, 9.17) is 9.57 Å². The van der Waals surface area contributed by atoms with Gasteiger partial charge in [-0.25, -0.2) is 0 Å². The molecular formula is C15H19NO2. The molecule has 3 rings (SSSR count). The number of rotatable bonds is 3. The second-order valence-corrected chi connectivity index (χ2v) is 5.18.